The van der Waals surface area contributed by atoms with Crippen LogP contribution in [0.3, 0.4) is 0 Å². The Hall–Kier alpha value is -6.84. The number of hydrogen-bond acceptors (Lipinski definition) is 2. The van der Waals surface area contributed by atoms with E-state index in [1.807, 2.05) is 0 Å². The van der Waals surface area contributed by atoms with Crippen molar-refractivity contribution < 1.29 is 0 Å². The van der Waals surface area contributed by atoms with Gasteiger partial charge in [0.2, 0.25) is 0 Å². The van der Waals surface area contributed by atoms with Gasteiger partial charge >= 0.3 is 0 Å². The molecule has 366 valence electrons. The number of fused-ring (bicyclic) bond motifs is 6. The Bertz CT molecular complexity index is 3560. The minimum Gasteiger partial charge on any atom is -0.311 e. The molecule has 0 aliphatic carbocycles. The zero-order chi connectivity index (χ0) is 51.7. The summed E-state index contributed by atoms with van der Waals surface area (Å²) in [5.74, 6) is 0. The van der Waals surface area contributed by atoms with Crippen molar-refractivity contribution in [1.29, 1.82) is 0 Å². The van der Waals surface area contributed by atoms with E-state index in [0.717, 1.165) is 5.69 Å². The SMILES string of the molecule is CC(C)(C)c1ccc(-c2c3ccccc3c(-c3ccc4c(c3)N(c3ccc(C(C)(C)C)cc3)c3cc(C(C)(C)C)cc5c3B4c3ccc(C(C)(C)C)cc3N5c3ccc(C(C)(C)C)cc3)c3ccccc23)cc1. The minimum absolute atomic E-state index is 0.00535. The monoisotopic (exact) mass is 953 g/mol. The molecule has 11 rings (SSSR count). The second kappa shape index (κ2) is 16.9. The molecule has 9 aromatic carbocycles. The molecular weight excluding hydrogens is 880 g/mol. The standard InChI is InChI=1S/C70H73BN2/c1-66(2,3)46-27-24-44(25-28-46)63-53-20-16-18-22-55(53)64(56-23-19-17-21-54(56)63)45-26-38-57-59(40-45)72(51-34-29-47(30-35-51)67(4,5)6)61-42-50(70(13,14)15)43-62-65(61)71(57)58-39-33-49(69(10,11)12)41-60(58)73(62)52-36-31-48(32-37-52)68(7,8)9/h16-43H,1-15H3. The van der Waals surface area contributed by atoms with E-state index in [1.54, 1.807) is 0 Å². The highest BCUT2D eigenvalue weighted by Gasteiger charge is 2.45. The van der Waals surface area contributed by atoms with E-state index in [4.69, 9.17) is 0 Å². The highest BCUT2D eigenvalue weighted by atomic mass is 15.2. The van der Waals surface area contributed by atoms with E-state index in [9.17, 15) is 0 Å². The Labute approximate surface area is 437 Å². The third-order valence-corrected chi connectivity index (χ3v) is 16.0. The summed E-state index contributed by atoms with van der Waals surface area (Å²) >= 11 is 0. The van der Waals surface area contributed by atoms with E-state index >= 15 is 0 Å². The summed E-state index contributed by atoms with van der Waals surface area (Å²) in [4.78, 5) is 5.21. The van der Waals surface area contributed by atoms with Gasteiger partial charge in [-0.25, -0.2) is 0 Å². The molecule has 0 saturated carbocycles. The van der Waals surface area contributed by atoms with Crippen LogP contribution in [0.25, 0.3) is 43.8 Å². The molecule has 73 heavy (non-hydrogen) atoms. The molecule has 0 unspecified atom stereocenters. The summed E-state index contributed by atoms with van der Waals surface area (Å²) in [6, 6.07) is 66.2. The van der Waals surface area contributed by atoms with Gasteiger partial charge in [0.15, 0.2) is 0 Å². The maximum absolute atomic E-state index is 2.61. The maximum Gasteiger partial charge on any atom is 0.252 e. The molecule has 0 saturated heterocycles. The molecule has 0 bridgehead atoms. The predicted molar refractivity (Wildman–Crippen MR) is 320 cm³/mol. The van der Waals surface area contributed by atoms with Crippen molar-refractivity contribution >= 4 is 78.8 Å². The first kappa shape index (κ1) is 48.4. The van der Waals surface area contributed by atoms with Crippen molar-refractivity contribution in [3.63, 3.8) is 0 Å². The lowest BCUT2D eigenvalue weighted by molar-refractivity contribution is 0.589. The Morgan fingerprint density at radius 2 is 0.603 bits per heavy atom. The third kappa shape index (κ3) is 8.28. The van der Waals surface area contributed by atoms with Crippen LogP contribution < -0.4 is 26.2 Å². The van der Waals surface area contributed by atoms with Gasteiger partial charge in [-0.2, -0.15) is 0 Å². The van der Waals surface area contributed by atoms with Crippen LogP contribution in [0, 0.1) is 0 Å². The zero-order valence-corrected chi connectivity index (χ0v) is 46.1. The second-order valence-corrected chi connectivity index (χ2v) is 26.3. The molecule has 2 aliphatic rings. The average Bonchev–Trinajstić information content (AvgIpc) is 3.34. The first-order valence-corrected chi connectivity index (χ1v) is 26.7. The van der Waals surface area contributed by atoms with Gasteiger partial charge in [-0.3, -0.25) is 0 Å². The van der Waals surface area contributed by atoms with E-state index in [1.165, 1.54) is 116 Å². The molecule has 0 N–H and O–H groups in total. The van der Waals surface area contributed by atoms with Gasteiger partial charge in [0, 0.05) is 34.1 Å². The summed E-state index contributed by atoms with van der Waals surface area (Å²) in [5, 5.41) is 5.06. The quantitative estimate of drug-likeness (QED) is 0.128. The predicted octanol–water partition coefficient (Wildman–Crippen LogP) is 17.9. The Kier molecular flexibility index (Phi) is 11.2. The molecule has 0 spiro atoms. The average molecular weight is 953 g/mol. The summed E-state index contributed by atoms with van der Waals surface area (Å²) in [5.41, 5.74) is 22.9. The zero-order valence-electron chi connectivity index (χ0n) is 46.1. The molecular formula is C70H73BN2. The number of anilines is 6. The van der Waals surface area contributed by atoms with Crippen LogP contribution in [0.2, 0.25) is 0 Å². The lowest BCUT2D eigenvalue weighted by Gasteiger charge is -2.45. The van der Waals surface area contributed by atoms with Crippen molar-refractivity contribution in [2.75, 3.05) is 9.80 Å². The lowest BCUT2D eigenvalue weighted by Crippen LogP contribution is -2.61. The molecule has 2 nitrogen and oxygen atoms in total. The minimum atomic E-state index is -0.132. The van der Waals surface area contributed by atoms with Crippen LogP contribution in [0.5, 0.6) is 0 Å². The van der Waals surface area contributed by atoms with E-state index in [2.05, 4.69) is 284 Å². The van der Waals surface area contributed by atoms with Crippen molar-refractivity contribution in [3.8, 4) is 22.3 Å². The summed E-state index contributed by atoms with van der Waals surface area (Å²) in [6.07, 6.45) is 0. The highest BCUT2D eigenvalue weighted by molar-refractivity contribution is 7.00. The van der Waals surface area contributed by atoms with Crippen LogP contribution in [0.4, 0.5) is 34.1 Å². The maximum atomic E-state index is 2.61. The van der Waals surface area contributed by atoms with E-state index in [-0.39, 0.29) is 33.8 Å². The Balaban J connectivity index is 1.22. The number of rotatable bonds is 4. The molecule has 2 aliphatic heterocycles. The van der Waals surface area contributed by atoms with E-state index in [0.29, 0.717) is 0 Å². The number of hydrogen-bond donors (Lipinski definition) is 0. The number of nitrogens with zero attached hydrogens (tertiary/aromatic N) is 2. The Morgan fingerprint density at radius 1 is 0.288 bits per heavy atom. The fourth-order valence-electron chi connectivity index (χ4n) is 11.7. The lowest BCUT2D eigenvalue weighted by atomic mass is 9.33. The first-order valence-electron chi connectivity index (χ1n) is 26.7. The van der Waals surface area contributed by atoms with Crippen LogP contribution in [-0.2, 0) is 27.1 Å². The molecule has 0 radical (unpaired) electrons. The highest BCUT2D eigenvalue weighted by Crippen LogP contribution is 2.50. The van der Waals surface area contributed by atoms with Gasteiger partial charge in [0.05, 0.1) is 0 Å². The summed E-state index contributed by atoms with van der Waals surface area (Å²) in [7, 11) is 0. The van der Waals surface area contributed by atoms with Gasteiger partial charge < -0.3 is 9.80 Å². The van der Waals surface area contributed by atoms with Gasteiger partial charge in [-0.05, 0) is 164 Å². The van der Waals surface area contributed by atoms with Crippen LogP contribution >= 0.6 is 0 Å². The normalized spacial score (nSPS) is 13.9. The number of benzene rings is 9. The van der Waals surface area contributed by atoms with Crippen molar-refractivity contribution in [2.45, 2.75) is 131 Å². The van der Waals surface area contributed by atoms with E-state index < -0.39 is 0 Å². The fourth-order valence-corrected chi connectivity index (χ4v) is 11.7. The van der Waals surface area contributed by atoms with Gasteiger partial charge in [-0.15, -0.1) is 0 Å². The molecule has 0 amide bonds. The molecule has 9 aromatic rings. The van der Waals surface area contributed by atoms with Gasteiger partial charge in [-0.1, -0.05) is 225 Å². The van der Waals surface area contributed by atoms with Crippen LogP contribution in [-0.4, -0.2) is 6.71 Å². The molecule has 2 heterocycles. The third-order valence-electron chi connectivity index (χ3n) is 16.0. The first-order chi connectivity index (χ1) is 34.4. The fraction of sp³-hybridized carbons (Fsp3) is 0.286. The largest absolute Gasteiger partial charge is 0.311 e. The van der Waals surface area contributed by atoms with Crippen LogP contribution in [0.15, 0.2) is 170 Å². The van der Waals surface area contributed by atoms with Crippen LogP contribution in [0.1, 0.15) is 132 Å². The smallest absolute Gasteiger partial charge is 0.252 e. The van der Waals surface area contributed by atoms with Crippen molar-refractivity contribution in [2.24, 2.45) is 0 Å². The van der Waals surface area contributed by atoms with Gasteiger partial charge in [0.1, 0.15) is 0 Å². The van der Waals surface area contributed by atoms with Crippen molar-refractivity contribution in [3.05, 3.63) is 198 Å². The summed E-state index contributed by atoms with van der Waals surface area (Å²) < 4.78 is 0. The Morgan fingerprint density at radius 3 is 1.00 bits per heavy atom. The molecule has 0 aromatic heterocycles. The topological polar surface area (TPSA) is 6.48 Å². The molecule has 3 heteroatoms. The summed E-state index contributed by atoms with van der Waals surface area (Å²) in [6.45, 7) is 34.8. The molecule has 0 fully saturated rings. The van der Waals surface area contributed by atoms with Gasteiger partial charge in [0.25, 0.3) is 6.71 Å². The molecule has 0 atom stereocenters. The van der Waals surface area contributed by atoms with Crippen molar-refractivity contribution in [1.82, 2.24) is 0 Å². The second-order valence-electron chi connectivity index (χ2n) is 26.3.